The van der Waals surface area contributed by atoms with Gasteiger partial charge in [-0.2, -0.15) is 0 Å². The lowest BCUT2D eigenvalue weighted by molar-refractivity contribution is 0.00866. The topological polar surface area (TPSA) is 67.3 Å². The Morgan fingerprint density at radius 1 is 1.43 bits per heavy atom. The first-order chi connectivity index (χ1) is 10.3. The lowest BCUT2D eigenvalue weighted by atomic mass is 9.97. The number of hydrogen-bond donors (Lipinski definition) is 2. The Morgan fingerprint density at radius 3 is 3.10 bits per heavy atom. The third-order valence-electron chi connectivity index (χ3n) is 4.25. The molecule has 1 fully saturated rings. The van der Waals surface area contributed by atoms with Gasteiger partial charge in [0, 0.05) is 12.6 Å². The highest BCUT2D eigenvalue weighted by atomic mass is 16.5. The van der Waals surface area contributed by atoms with Crippen LogP contribution in [0.1, 0.15) is 43.7 Å². The van der Waals surface area contributed by atoms with Gasteiger partial charge < -0.3 is 14.5 Å². The van der Waals surface area contributed by atoms with Crippen molar-refractivity contribution in [3.05, 3.63) is 34.3 Å². The fourth-order valence-electron chi connectivity index (χ4n) is 3.04. The van der Waals surface area contributed by atoms with E-state index in [0.29, 0.717) is 11.7 Å². The highest BCUT2D eigenvalue weighted by Gasteiger charge is 2.17. The zero-order valence-electron chi connectivity index (χ0n) is 12.4. The monoisotopic (exact) mass is 290 g/mol. The molecule has 1 aliphatic heterocycles. The summed E-state index contributed by atoms with van der Waals surface area (Å²) in [5, 5.41) is 3.34. The summed E-state index contributed by atoms with van der Waals surface area (Å²) in [7, 11) is 1.96. The Hall–Kier alpha value is -1.59. The van der Waals surface area contributed by atoms with Gasteiger partial charge in [-0.3, -0.25) is 4.98 Å². The molecular formula is C16H22N2O3. The van der Waals surface area contributed by atoms with E-state index in [-0.39, 0.29) is 6.04 Å². The number of benzene rings is 1. The second-order valence-electron chi connectivity index (χ2n) is 5.68. The van der Waals surface area contributed by atoms with E-state index in [0.717, 1.165) is 30.5 Å². The van der Waals surface area contributed by atoms with Gasteiger partial charge in [-0.1, -0.05) is 6.07 Å². The molecule has 3 rings (SSSR count). The fraction of sp³-hybridized carbons (Fsp3) is 0.562. The van der Waals surface area contributed by atoms with Gasteiger partial charge in [-0.15, -0.1) is 0 Å². The molecule has 2 heterocycles. The van der Waals surface area contributed by atoms with Crippen LogP contribution in [0.3, 0.4) is 0 Å². The van der Waals surface area contributed by atoms with Crippen molar-refractivity contribution in [1.29, 1.82) is 0 Å². The molecule has 114 valence electrons. The molecule has 0 radical (unpaired) electrons. The molecule has 0 aliphatic carbocycles. The van der Waals surface area contributed by atoms with Gasteiger partial charge in [0.05, 0.1) is 11.6 Å². The molecule has 2 atom stereocenters. The summed E-state index contributed by atoms with van der Waals surface area (Å²) in [5.74, 6) is -0.404. The van der Waals surface area contributed by atoms with Crippen LogP contribution in [-0.4, -0.2) is 24.7 Å². The molecule has 2 unspecified atom stereocenters. The molecular weight excluding hydrogens is 268 g/mol. The molecule has 2 aromatic rings. The predicted molar refractivity (Wildman–Crippen MR) is 81.5 cm³/mol. The van der Waals surface area contributed by atoms with Gasteiger partial charge >= 0.3 is 5.76 Å². The molecule has 1 aromatic carbocycles. The van der Waals surface area contributed by atoms with E-state index in [9.17, 15) is 4.79 Å². The molecule has 5 nitrogen and oxygen atoms in total. The van der Waals surface area contributed by atoms with Crippen molar-refractivity contribution in [3.63, 3.8) is 0 Å². The molecule has 1 aliphatic rings. The number of aromatic nitrogens is 1. The molecule has 5 heteroatoms. The van der Waals surface area contributed by atoms with E-state index in [4.69, 9.17) is 9.15 Å². The predicted octanol–water partition coefficient (Wildman–Crippen LogP) is 2.73. The van der Waals surface area contributed by atoms with Crippen molar-refractivity contribution in [3.8, 4) is 0 Å². The fourth-order valence-corrected chi connectivity index (χ4v) is 3.04. The standard InChI is InChI=1S/C16H22N2O3/c1-17-13(8-6-12-4-2-3-9-20-12)11-5-7-14-15(10-11)21-16(19)18-14/h5,7,10,12-13,17H,2-4,6,8-9H2,1H3,(H,18,19). The van der Waals surface area contributed by atoms with E-state index in [1.165, 1.54) is 19.3 Å². The number of fused-ring (bicyclic) bond motifs is 1. The van der Waals surface area contributed by atoms with Gasteiger partial charge in [0.25, 0.3) is 0 Å². The van der Waals surface area contributed by atoms with E-state index >= 15 is 0 Å². The molecule has 1 aromatic heterocycles. The number of oxazole rings is 1. The maximum atomic E-state index is 11.2. The van der Waals surface area contributed by atoms with Gasteiger partial charge in [0.15, 0.2) is 5.58 Å². The third kappa shape index (κ3) is 3.36. The van der Waals surface area contributed by atoms with Gasteiger partial charge in [-0.25, -0.2) is 4.79 Å². The first kappa shape index (κ1) is 14.4. The van der Waals surface area contributed by atoms with Crippen LogP contribution >= 0.6 is 0 Å². The van der Waals surface area contributed by atoms with Gasteiger partial charge in [0.2, 0.25) is 0 Å². The second kappa shape index (κ2) is 6.45. The summed E-state index contributed by atoms with van der Waals surface area (Å²) in [5.41, 5.74) is 2.50. The maximum Gasteiger partial charge on any atom is 0.417 e. The Bertz CT molecular complexity index is 640. The normalized spacial score (nSPS) is 20.7. The SMILES string of the molecule is CNC(CCC1CCCCO1)c1ccc2[nH]c(=O)oc2c1. The zero-order valence-corrected chi connectivity index (χ0v) is 12.4. The first-order valence-corrected chi connectivity index (χ1v) is 7.68. The highest BCUT2D eigenvalue weighted by Crippen LogP contribution is 2.25. The van der Waals surface area contributed by atoms with Crippen LogP contribution in [0.15, 0.2) is 27.4 Å². The molecule has 2 N–H and O–H groups in total. The number of ether oxygens (including phenoxy) is 1. The first-order valence-electron chi connectivity index (χ1n) is 7.68. The van der Waals surface area contributed by atoms with Crippen molar-refractivity contribution in [2.45, 2.75) is 44.2 Å². The average Bonchev–Trinajstić information content (AvgIpc) is 2.88. The van der Waals surface area contributed by atoms with Crippen molar-refractivity contribution in [2.24, 2.45) is 0 Å². The Morgan fingerprint density at radius 2 is 2.33 bits per heavy atom. The van der Waals surface area contributed by atoms with Gasteiger partial charge in [0.1, 0.15) is 0 Å². The van der Waals surface area contributed by atoms with Crippen LogP contribution in [0.2, 0.25) is 0 Å². The number of aromatic amines is 1. The molecule has 21 heavy (non-hydrogen) atoms. The number of rotatable bonds is 5. The minimum Gasteiger partial charge on any atom is -0.408 e. The average molecular weight is 290 g/mol. The van der Waals surface area contributed by atoms with Crippen molar-refractivity contribution in [2.75, 3.05) is 13.7 Å². The van der Waals surface area contributed by atoms with Crippen molar-refractivity contribution in [1.82, 2.24) is 10.3 Å². The lowest BCUT2D eigenvalue weighted by Gasteiger charge is -2.25. The van der Waals surface area contributed by atoms with Crippen LogP contribution in [0.25, 0.3) is 11.1 Å². The van der Waals surface area contributed by atoms with Crippen LogP contribution in [0.4, 0.5) is 0 Å². The van der Waals surface area contributed by atoms with E-state index < -0.39 is 5.76 Å². The van der Waals surface area contributed by atoms with Crippen LogP contribution in [0.5, 0.6) is 0 Å². The number of nitrogens with one attached hydrogen (secondary N) is 2. The quantitative estimate of drug-likeness (QED) is 0.888. The number of hydrogen-bond acceptors (Lipinski definition) is 4. The lowest BCUT2D eigenvalue weighted by Crippen LogP contribution is -2.23. The highest BCUT2D eigenvalue weighted by molar-refractivity contribution is 5.72. The van der Waals surface area contributed by atoms with E-state index in [2.05, 4.69) is 10.3 Å². The summed E-state index contributed by atoms with van der Waals surface area (Å²) in [4.78, 5) is 13.9. The summed E-state index contributed by atoms with van der Waals surface area (Å²) in [6.45, 7) is 0.898. The minimum absolute atomic E-state index is 0.250. The second-order valence-corrected chi connectivity index (χ2v) is 5.68. The largest absolute Gasteiger partial charge is 0.417 e. The van der Waals surface area contributed by atoms with E-state index in [1.807, 2.05) is 25.2 Å². The minimum atomic E-state index is -0.404. The molecule has 0 amide bonds. The van der Waals surface area contributed by atoms with Gasteiger partial charge in [-0.05, 0) is 56.8 Å². The molecule has 1 saturated heterocycles. The molecule has 0 bridgehead atoms. The summed E-state index contributed by atoms with van der Waals surface area (Å²) < 4.78 is 10.9. The van der Waals surface area contributed by atoms with Crippen LogP contribution in [-0.2, 0) is 4.74 Å². The summed E-state index contributed by atoms with van der Waals surface area (Å²) >= 11 is 0. The summed E-state index contributed by atoms with van der Waals surface area (Å²) in [6.07, 6.45) is 6.10. The van der Waals surface area contributed by atoms with Crippen LogP contribution in [0, 0.1) is 0 Å². The van der Waals surface area contributed by atoms with Crippen molar-refractivity contribution < 1.29 is 9.15 Å². The third-order valence-corrected chi connectivity index (χ3v) is 4.25. The molecule has 0 spiro atoms. The Labute approximate surface area is 123 Å². The molecule has 0 saturated carbocycles. The Kier molecular flexibility index (Phi) is 4.41. The van der Waals surface area contributed by atoms with Crippen molar-refractivity contribution >= 4 is 11.1 Å². The smallest absolute Gasteiger partial charge is 0.408 e. The maximum absolute atomic E-state index is 11.2. The summed E-state index contributed by atoms with van der Waals surface area (Å²) in [6, 6.07) is 6.13. The Balaban J connectivity index is 1.69. The zero-order chi connectivity index (χ0) is 14.7. The van der Waals surface area contributed by atoms with E-state index in [1.54, 1.807) is 0 Å². The van der Waals surface area contributed by atoms with Crippen LogP contribution < -0.4 is 11.1 Å². The number of H-pyrrole nitrogens is 1.